The number of hydrogen-bond donors (Lipinski definition) is 3. The Hall–Kier alpha value is -3.07. The van der Waals surface area contributed by atoms with E-state index in [0.717, 1.165) is 4.88 Å². The van der Waals surface area contributed by atoms with Crippen LogP contribution in [0.15, 0.2) is 30.3 Å². The minimum atomic E-state index is -0.546. The highest BCUT2D eigenvalue weighted by atomic mass is 32.1. The molecule has 1 aliphatic rings. The number of hydrogen-bond acceptors (Lipinski definition) is 6. The van der Waals surface area contributed by atoms with E-state index >= 15 is 0 Å². The van der Waals surface area contributed by atoms with Crippen molar-refractivity contribution in [1.29, 1.82) is 0 Å². The normalized spacial score (nSPS) is 11.7. The zero-order valence-electron chi connectivity index (χ0n) is 13.3. The van der Waals surface area contributed by atoms with Gasteiger partial charge in [0.15, 0.2) is 11.5 Å². The summed E-state index contributed by atoms with van der Waals surface area (Å²) in [6.45, 7) is 1.75. The van der Waals surface area contributed by atoms with Crippen molar-refractivity contribution in [3.05, 3.63) is 45.6 Å². The number of thiophene rings is 1. The summed E-state index contributed by atoms with van der Waals surface area (Å²) >= 11 is 1.34. The molecule has 25 heavy (non-hydrogen) atoms. The molecule has 3 N–H and O–H groups in total. The molecule has 0 saturated carbocycles. The summed E-state index contributed by atoms with van der Waals surface area (Å²) < 4.78 is 10.3. The summed E-state index contributed by atoms with van der Waals surface area (Å²) in [5.74, 6) is -0.359. The van der Waals surface area contributed by atoms with Gasteiger partial charge in [0.25, 0.3) is 17.7 Å². The Morgan fingerprint density at radius 2 is 1.84 bits per heavy atom. The first-order valence-corrected chi connectivity index (χ1v) is 8.18. The van der Waals surface area contributed by atoms with Gasteiger partial charge >= 0.3 is 0 Å². The lowest BCUT2D eigenvalue weighted by Gasteiger charge is -2.08. The lowest BCUT2D eigenvalue weighted by Crippen LogP contribution is -2.46. The average molecular weight is 361 g/mol. The molecule has 0 unspecified atom stereocenters. The predicted octanol–water partition coefficient (Wildman–Crippen LogP) is 0.976. The number of aryl methyl sites for hydroxylation is 1. The zero-order chi connectivity index (χ0) is 17.8. The number of ether oxygens (including phenoxy) is 2. The molecule has 1 aromatic heterocycles. The number of rotatable bonds is 4. The van der Waals surface area contributed by atoms with Crippen LogP contribution in [0.2, 0.25) is 0 Å². The SMILES string of the molecule is Cc1ccc(C(=O)NCC(=O)NNC(=O)c2ccc3c(c2)OCO3)s1. The van der Waals surface area contributed by atoms with E-state index in [1.165, 1.54) is 17.4 Å². The number of hydrazine groups is 1. The molecule has 0 spiro atoms. The van der Waals surface area contributed by atoms with Crippen LogP contribution in [0.25, 0.3) is 0 Å². The van der Waals surface area contributed by atoms with Gasteiger partial charge < -0.3 is 14.8 Å². The number of nitrogens with one attached hydrogen (secondary N) is 3. The maximum absolute atomic E-state index is 12.0. The number of amides is 3. The van der Waals surface area contributed by atoms with Crippen molar-refractivity contribution in [2.24, 2.45) is 0 Å². The van der Waals surface area contributed by atoms with Crippen LogP contribution in [0.4, 0.5) is 0 Å². The number of carbonyl (C=O) groups is 3. The second-order valence-corrected chi connectivity index (χ2v) is 6.45. The minimum absolute atomic E-state index is 0.112. The second-order valence-electron chi connectivity index (χ2n) is 5.16. The summed E-state index contributed by atoms with van der Waals surface area (Å²) in [5.41, 5.74) is 4.82. The topological polar surface area (TPSA) is 106 Å². The second kappa shape index (κ2) is 7.22. The van der Waals surface area contributed by atoms with E-state index in [0.29, 0.717) is 21.9 Å². The van der Waals surface area contributed by atoms with Crippen LogP contribution in [0, 0.1) is 6.92 Å². The quantitative estimate of drug-likeness (QED) is 0.704. The molecule has 8 nitrogen and oxygen atoms in total. The third-order valence-corrected chi connectivity index (χ3v) is 4.32. The third-order valence-electron chi connectivity index (χ3n) is 3.32. The van der Waals surface area contributed by atoms with Gasteiger partial charge in [-0.25, -0.2) is 0 Å². The van der Waals surface area contributed by atoms with Crippen LogP contribution >= 0.6 is 11.3 Å². The molecular formula is C16H15N3O5S. The maximum atomic E-state index is 12.0. The van der Waals surface area contributed by atoms with Crippen molar-refractivity contribution < 1.29 is 23.9 Å². The molecule has 0 fully saturated rings. The monoisotopic (exact) mass is 361 g/mol. The van der Waals surface area contributed by atoms with Crippen LogP contribution in [0.3, 0.4) is 0 Å². The van der Waals surface area contributed by atoms with Crippen molar-refractivity contribution in [3.8, 4) is 11.5 Å². The van der Waals surface area contributed by atoms with Gasteiger partial charge in [-0.2, -0.15) is 0 Å². The lowest BCUT2D eigenvalue weighted by molar-refractivity contribution is -0.120. The summed E-state index contributed by atoms with van der Waals surface area (Å²) in [7, 11) is 0. The van der Waals surface area contributed by atoms with Gasteiger partial charge in [0.2, 0.25) is 6.79 Å². The first-order chi connectivity index (χ1) is 12.0. The van der Waals surface area contributed by atoms with E-state index in [1.54, 1.807) is 18.2 Å². The standard InChI is InChI=1S/C16H15N3O5S/c1-9-2-5-13(25-9)16(22)17-7-14(20)18-19-15(21)10-3-4-11-12(6-10)24-8-23-11/h2-6H,7-8H2,1H3,(H,17,22)(H,18,20)(H,19,21). The van der Waals surface area contributed by atoms with Gasteiger partial charge in [-0.15, -0.1) is 11.3 Å². The molecule has 130 valence electrons. The smallest absolute Gasteiger partial charge is 0.269 e. The molecule has 0 saturated heterocycles. The fraction of sp³-hybridized carbons (Fsp3) is 0.188. The Kier molecular flexibility index (Phi) is 4.85. The van der Waals surface area contributed by atoms with E-state index in [4.69, 9.17) is 9.47 Å². The van der Waals surface area contributed by atoms with E-state index in [2.05, 4.69) is 16.2 Å². The summed E-state index contributed by atoms with van der Waals surface area (Å²) in [6.07, 6.45) is 0. The molecule has 0 aliphatic carbocycles. The summed E-state index contributed by atoms with van der Waals surface area (Å²) in [4.78, 5) is 37.1. The minimum Gasteiger partial charge on any atom is -0.454 e. The van der Waals surface area contributed by atoms with Crippen molar-refractivity contribution in [1.82, 2.24) is 16.2 Å². The fourth-order valence-electron chi connectivity index (χ4n) is 2.08. The number of benzene rings is 1. The van der Waals surface area contributed by atoms with E-state index in [-0.39, 0.29) is 19.2 Å². The van der Waals surface area contributed by atoms with E-state index < -0.39 is 11.8 Å². The van der Waals surface area contributed by atoms with Crippen LogP contribution in [0.5, 0.6) is 11.5 Å². The van der Waals surface area contributed by atoms with E-state index in [9.17, 15) is 14.4 Å². The Labute approximate surface area is 147 Å². The molecule has 0 radical (unpaired) electrons. The fourth-order valence-corrected chi connectivity index (χ4v) is 2.87. The van der Waals surface area contributed by atoms with Crippen LogP contribution in [-0.4, -0.2) is 31.1 Å². The molecule has 0 atom stereocenters. The van der Waals surface area contributed by atoms with Crippen LogP contribution < -0.4 is 25.6 Å². The Bertz CT molecular complexity index is 833. The van der Waals surface area contributed by atoms with Crippen molar-refractivity contribution in [3.63, 3.8) is 0 Å². The molecule has 0 bridgehead atoms. The van der Waals surface area contributed by atoms with Gasteiger partial charge in [-0.1, -0.05) is 0 Å². The molecule has 9 heteroatoms. The molecular weight excluding hydrogens is 346 g/mol. The Morgan fingerprint density at radius 3 is 2.60 bits per heavy atom. The van der Waals surface area contributed by atoms with Gasteiger partial charge in [-0.3, -0.25) is 25.2 Å². The van der Waals surface area contributed by atoms with Gasteiger partial charge in [-0.05, 0) is 37.3 Å². The van der Waals surface area contributed by atoms with Gasteiger partial charge in [0, 0.05) is 10.4 Å². The summed E-state index contributed by atoms with van der Waals surface area (Å²) in [5, 5.41) is 2.48. The third kappa shape index (κ3) is 4.07. The predicted molar refractivity (Wildman–Crippen MR) is 89.6 cm³/mol. The Balaban J connectivity index is 1.45. The van der Waals surface area contributed by atoms with Crippen molar-refractivity contribution in [2.45, 2.75) is 6.92 Å². The first-order valence-electron chi connectivity index (χ1n) is 7.36. The zero-order valence-corrected chi connectivity index (χ0v) is 14.1. The number of fused-ring (bicyclic) bond motifs is 1. The molecule has 2 aromatic rings. The largest absolute Gasteiger partial charge is 0.454 e. The van der Waals surface area contributed by atoms with E-state index in [1.807, 2.05) is 13.0 Å². The molecule has 3 amide bonds. The molecule has 3 rings (SSSR count). The Morgan fingerprint density at radius 1 is 1.04 bits per heavy atom. The van der Waals surface area contributed by atoms with Crippen LogP contribution in [-0.2, 0) is 4.79 Å². The first kappa shape index (κ1) is 16.8. The molecule has 1 aliphatic heterocycles. The van der Waals surface area contributed by atoms with Crippen LogP contribution in [0.1, 0.15) is 24.9 Å². The maximum Gasteiger partial charge on any atom is 0.269 e. The summed E-state index contributed by atoms with van der Waals surface area (Å²) in [6, 6.07) is 8.20. The highest BCUT2D eigenvalue weighted by molar-refractivity contribution is 7.13. The number of carbonyl (C=O) groups excluding carboxylic acids is 3. The highest BCUT2D eigenvalue weighted by Gasteiger charge is 2.16. The van der Waals surface area contributed by atoms with Crippen molar-refractivity contribution >= 4 is 29.1 Å². The van der Waals surface area contributed by atoms with Crippen molar-refractivity contribution in [2.75, 3.05) is 13.3 Å². The molecule has 1 aromatic carbocycles. The highest BCUT2D eigenvalue weighted by Crippen LogP contribution is 2.32. The van der Waals surface area contributed by atoms with Gasteiger partial charge in [0.05, 0.1) is 11.4 Å². The molecule has 2 heterocycles. The lowest BCUT2D eigenvalue weighted by atomic mass is 10.2. The average Bonchev–Trinajstić information content (AvgIpc) is 3.25. The van der Waals surface area contributed by atoms with Gasteiger partial charge in [0.1, 0.15) is 0 Å².